The van der Waals surface area contributed by atoms with Crippen molar-refractivity contribution < 1.29 is 14.3 Å². The van der Waals surface area contributed by atoms with E-state index in [1.54, 1.807) is 21.1 Å². The van der Waals surface area contributed by atoms with Gasteiger partial charge in [0, 0.05) is 11.1 Å². The molecule has 0 aliphatic carbocycles. The SMILES string of the molecule is COc1ccc(/C=C(\C)C(=O)NC(C)(C)C)cc1OC. The summed E-state index contributed by atoms with van der Waals surface area (Å²) in [5.74, 6) is 1.24. The van der Waals surface area contributed by atoms with E-state index in [4.69, 9.17) is 9.47 Å². The fourth-order valence-electron chi connectivity index (χ4n) is 1.70. The molecule has 4 nitrogen and oxygen atoms in total. The Hall–Kier alpha value is -1.97. The molecule has 1 aromatic rings. The molecule has 1 rings (SSSR count). The van der Waals surface area contributed by atoms with Gasteiger partial charge in [0.25, 0.3) is 0 Å². The molecule has 0 heterocycles. The zero-order valence-corrected chi connectivity index (χ0v) is 13.0. The molecular weight excluding hydrogens is 254 g/mol. The highest BCUT2D eigenvalue weighted by Gasteiger charge is 2.14. The summed E-state index contributed by atoms with van der Waals surface area (Å²) in [7, 11) is 3.18. The van der Waals surface area contributed by atoms with Crippen molar-refractivity contribution in [3.63, 3.8) is 0 Å². The van der Waals surface area contributed by atoms with E-state index in [1.165, 1.54) is 0 Å². The van der Waals surface area contributed by atoms with Crippen molar-refractivity contribution in [1.29, 1.82) is 0 Å². The van der Waals surface area contributed by atoms with Crippen LogP contribution >= 0.6 is 0 Å². The van der Waals surface area contributed by atoms with Gasteiger partial charge in [0.15, 0.2) is 11.5 Å². The van der Waals surface area contributed by atoms with E-state index in [0.29, 0.717) is 17.1 Å². The smallest absolute Gasteiger partial charge is 0.247 e. The van der Waals surface area contributed by atoms with Crippen molar-refractivity contribution in [1.82, 2.24) is 5.32 Å². The van der Waals surface area contributed by atoms with Gasteiger partial charge in [-0.25, -0.2) is 0 Å². The predicted octanol–water partition coefficient (Wildman–Crippen LogP) is 3.02. The van der Waals surface area contributed by atoms with Crippen molar-refractivity contribution in [2.75, 3.05) is 14.2 Å². The van der Waals surface area contributed by atoms with Crippen molar-refractivity contribution in [3.05, 3.63) is 29.3 Å². The number of hydrogen-bond donors (Lipinski definition) is 1. The third-order valence-corrected chi connectivity index (χ3v) is 2.64. The quantitative estimate of drug-likeness (QED) is 0.861. The molecule has 1 aromatic carbocycles. The Bertz CT molecular complexity index is 513. The Balaban J connectivity index is 2.96. The van der Waals surface area contributed by atoms with Crippen LogP contribution in [-0.2, 0) is 4.79 Å². The molecule has 0 bridgehead atoms. The molecule has 110 valence electrons. The molecule has 0 unspecified atom stereocenters. The number of nitrogens with one attached hydrogen (secondary N) is 1. The standard InChI is InChI=1S/C16H23NO3/c1-11(15(18)17-16(2,3)4)9-12-7-8-13(19-5)14(10-12)20-6/h7-10H,1-6H3,(H,17,18)/b11-9+. The zero-order valence-electron chi connectivity index (χ0n) is 13.0. The van der Waals surface area contributed by atoms with Crippen LogP contribution in [0.15, 0.2) is 23.8 Å². The normalized spacial score (nSPS) is 12.0. The first kappa shape index (κ1) is 16.1. The summed E-state index contributed by atoms with van der Waals surface area (Å²) in [6.45, 7) is 7.65. The lowest BCUT2D eigenvalue weighted by Crippen LogP contribution is -2.40. The minimum atomic E-state index is -0.246. The summed E-state index contributed by atoms with van der Waals surface area (Å²) in [6.07, 6.45) is 1.82. The first-order chi connectivity index (χ1) is 9.26. The molecule has 0 spiro atoms. The van der Waals surface area contributed by atoms with Gasteiger partial charge < -0.3 is 14.8 Å². The third-order valence-electron chi connectivity index (χ3n) is 2.64. The largest absolute Gasteiger partial charge is 0.493 e. The van der Waals surface area contributed by atoms with E-state index in [2.05, 4.69) is 5.32 Å². The minimum absolute atomic E-state index is 0.0766. The lowest BCUT2D eigenvalue weighted by molar-refractivity contribution is -0.118. The Morgan fingerprint density at radius 2 is 1.75 bits per heavy atom. The van der Waals surface area contributed by atoms with E-state index in [1.807, 2.05) is 45.0 Å². The molecule has 0 fully saturated rings. The maximum absolute atomic E-state index is 12.0. The minimum Gasteiger partial charge on any atom is -0.493 e. The Kier molecular flexibility index (Phi) is 5.19. The van der Waals surface area contributed by atoms with Gasteiger partial charge in [-0.1, -0.05) is 6.07 Å². The molecular formula is C16H23NO3. The molecule has 1 N–H and O–H groups in total. The second-order valence-electron chi connectivity index (χ2n) is 5.65. The van der Waals surface area contributed by atoms with Crippen LogP contribution in [0.2, 0.25) is 0 Å². The van der Waals surface area contributed by atoms with Gasteiger partial charge in [-0.3, -0.25) is 4.79 Å². The molecule has 20 heavy (non-hydrogen) atoms. The summed E-state index contributed by atoms with van der Waals surface area (Å²) in [6, 6.07) is 5.54. The number of hydrogen-bond acceptors (Lipinski definition) is 3. The summed E-state index contributed by atoms with van der Waals surface area (Å²) in [4.78, 5) is 12.0. The van der Waals surface area contributed by atoms with Crippen LogP contribution < -0.4 is 14.8 Å². The van der Waals surface area contributed by atoms with Gasteiger partial charge in [-0.15, -0.1) is 0 Å². The highest BCUT2D eigenvalue weighted by molar-refractivity contribution is 5.97. The maximum Gasteiger partial charge on any atom is 0.247 e. The molecule has 0 atom stereocenters. The summed E-state index contributed by atoms with van der Waals surface area (Å²) in [5, 5.41) is 2.93. The average molecular weight is 277 g/mol. The van der Waals surface area contributed by atoms with E-state index in [9.17, 15) is 4.79 Å². The molecule has 0 aliphatic rings. The number of carbonyl (C=O) groups is 1. The lowest BCUT2D eigenvalue weighted by atomic mass is 10.1. The number of carbonyl (C=O) groups excluding carboxylic acids is 1. The number of methoxy groups -OCH3 is 2. The topological polar surface area (TPSA) is 47.6 Å². The van der Waals surface area contributed by atoms with Crippen LogP contribution in [-0.4, -0.2) is 25.7 Å². The monoisotopic (exact) mass is 277 g/mol. The van der Waals surface area contributed by atoms with E-state index >= 15 is 0 Å². The highest BCUT2D eigenvalue weighted by atomic mass is 16.5. The van der Waals surface area contributed by atoms with Crippen LogP contribution in [0.1, 0.15) is 33.3 Å². The first-order valence-corrected chi connectivity index (χ1v) is 6.49. The number of amides is 1. The van der Waals surface area contributed by atoms with Crippen LogP contribution in [0.25, 0.3) is 6.08 Å². The van der Waals surface area contributed by atoms with E-state index in [0.717, 1.165) is 5.56 Å². The van der Waals surface area contributed by atoms with Crippen molar-refractivity contribution in [2.45, 2.75) is 33.2 Å². The second kappa shape index (κ2) is 6.46. The molecule has 0 saturated carbocycles. The Labute approximate surface area is 120 Å². The number of benzene rings is 1. The number of ether oxygens (including phenoxy) is 2. The molecule has 4 heteroatoms. The van der Waals surface area contributed by atoms with Crippen molar-refractivity contribution >= 4 is 12.0 Å². The van der Waals surface area contributed by atoms with Crippen molar-refractivity contribution in [3.8, 4) is 11.5 Å². The van der Waals surface area contributed by atoms with Crippen molar-refractivity contribution in [2.24, 2.45) is 0 Å². The fraction of sp³-hybridized carbons (Fsp3) is 0.438. The summed E-state index contributed by atoms with van der Waals surface area (Å²) < 4.78 is 10.4. The van der Waals surface area contributed by atoms with Crippen LogP contribution in [0.3, 0.4) is 0 Å². The van der Waals surface area contributed by atoms with Gasteiger partial charge in [0.1, 0.15) is 0 Å². The fourth-order valence-corrected chi connectivity index (χ4v) is 1.70. The van der Waals surface area contributed by atoms with Gasteiger partial charge in [-0.2, -0.15) is 0 Å². The Morgan fingerprint density at radius 3 is 2.25 bits per heavy atom. The first-order valence-electron chi connectivity index (χ1n) is 6.49. The molecule has 0 radical (unpaired) electrons. The van der Waals surface area contributed by atoms with Crippen LogP contribution in [0, 0.1) is 0 Å². The third kappa shape index (κ3) is 4.61. The van der Waals surface area contributed by atoms with Gasteiger partial charge >= 0.3 is 0 Å². The number of rotatable bonds is 4. The highest BCUT2D eigenvalue weighted by Crippen LogP contribution is 2.28. The summed E-state index contributed by atoms with van der Waals surface area (Å²) >= 11 is 0. The van der Waals surface area contributed by atoms with Gasteiger partial charge in [0.2, 0.25) is 5.91 Å². The van der Waals surface area contributed by atoms with Crippen LogP contribution in [0.4, 0.5) is 0 Å². The zero-order chi connectivity index (χ0) is 15.3. The molecule has 1 amide bonds. The lowest BCUT2D eigenvalue weighted by Gasteiger charge is -2.20. The molecule has 0 aliphatic heterocycles. The molecule has 0 aromatic heterocycles. The average Bonchev–Trinajstić information content (AvgIpc) is 2.36. The summed E-state index contributed by atoms with van der Waals surface area (Å²) in [5.41, 5.74) is 1.29. The van der Waals surface area contributed by atoms with Gasteiger partial charge in [-0.05, 0) is 51.5 Å². The predicted molar refractivity (Wildman–Crippen MR) is 81.1 cm³/mol. The second-order valence-corrected chi connectivity index (χ2v) is 5.65. The molecule has 0 saturated heterocycles. The maximum atomic E-state index is 12.0. The van der Waals surface area contributed by atoms with E-state index in [-0.39, 0.29) is 11.4 Å². The Morgan fingerprint density at radius 1 is 1.15 bits per heavy atom. The van der Waals surface area contributed by atoms with Gasteiger partial charge in [0.05, 0.1) is 14.2 Å². The van der Waals surface area contributed by atoms with Crippen LogP contribution in [0.5, 0.6) is 11.5 Å². The van der Waals surface area contributed by atoms with E-state index < -0.39 is 0 Å².